The molecule has 0 aliphatic heterocycles. The Balaban J connectivity index is 2.01. The van der Waals surface area contributed by atoms with E-state index >= 15 is 0 Å². The minimum Gasteiger partial charge on any atom is -0.334 e. The number of para-hydroxylation sites is 1. The van der Waals surface area contributed by atoms with E-state index in [1.807, 2.05) is 0 Å². The molecule has 0 amide bonds. The molecule has 0 spiro atoms. The van der Waals surface area contributed by atoms with Crippen molar-refractivity contribution >= 4 is 5.69 Å². The molecule has 0 bridgehead atoms. The van der Waals surface area contributed by atoms with E-state index < -0.39 is 10.5 Å². The van der Waals surface area contributed by atoms with Crippen molar-refractivity contribution in [1.82, 2.24) is 10.1 Å². The van der Waals surface area contributed by atoms with E-state index in [2.05, 4.69) is 10.1 Å². The van der Waals surface area contributed by atoms with Crippen LogP contribution in [0.4, 0.5) is 5.69 Å². The number of hydrogen-bond donors (Lipinski definition) is 1. The normalized spacial score (nSPS) is 16.9. The van der Waals surface area contributed by atoms with Crippen LogP contribution in [0.25, 0.3) is 11.5 Å². The monoisotopic (exact) mass is 260 g/mol. The van der Waals surface area contributed by atoms with Crippen LogP contribution in [0.3, 0.4) is 0 Å². The molecule has 2 aromatic rings. The number of rotatable bonds is 3. The molecular formula is C12H12N4O3. The molecule has 0 unspecified atom stereocenters. The Labute approximate surface area is 108 Å². The molecule has 3 rings (SSSR count). The predicted molar refractivity (Wildman–Crippen MR) is 66.1 cm³/mol. The van der Waals surface area contributed by atoms with Crippen molar-refractivity contribution in [2.24, 2.45) is 5.73 Å². The Morgan fingerprint density at radius 2 is 2.11 bits per heavy atom. The van der Waals surface area contributed by atoms with Gasteiger partial charge in [-0.1, -0.05) is 17.3 Å². The first-order chi connectivity index (χ1) is 9.10. The van der Waals surface area contributed by atoms with Crippen molar-refractivity contribution in [3.63, 3.8) is 0 Å². The van der Waals surface area contributed by atoms with Crippen molar-refractivity contribution in [2.75, 3.05) is 0 Å². The van der Waals surface area contributed by atoms with Gasteiger partial charge in [0.25, 0.3) is 11.6 Å². The van der Waals surface area contributed by atoms with Gasteiger partial charge < -0.3 is 10.3 Å². The molecule has 98 valence electrons. The Kier molecular flexibility index (Phi) is 2.56. The second-order valence-electron chi connectivity index (χ2n) is 4.71. The van der Waals surface area contributed by atoms with Gasteiger partial charge in [-0.05, 0) is 25.3 Å². The van der Waals surface area contributed by atoms with Crippen LogP contribution < -0.4 is 5.73 Å². The van der Waals surface area contributed by atoms with Crippen LogP contribution in [-0.4, -0.2) is 15.1 Å². The third-order valence-corrected chi connectivity index (χ3v) is 3.45. The number of benzene rings is 1. The summed E-state index contributed by atoms with van der Waals surface area (Å²) in [4.78, 5) is 14.7. The van der Waals surface area contributed by atoms with Crippen LogP contribution in [0, 0.1) is 10.1 Å². The van der Waals surface area contributed by atoms with Gasteiger partial charge in [0.05, 0.1) is 10.5 Å². The summed E-state index contributed by atoms with van der Waals surface area (Å²) in [5.41, 5.74) is 5.81. The number of nitro groups is 1. The smallest absolute Gasteiger partial charge is 0.282 e. The summed E-state index contributed by atoms with van der Waals surface area (Å²) < 4.78 is 5.12. The van der Waals surface area contributed by atoms with E-state index in [1.54, 1.807) is 18.2 Å². The lowest BCUT2D eigenvalue weighted by Gasteiger charge is -2.34. The molecule has 7 nitrogen and oxygen atoms in total. The average molecular weight is 260 g/mol. The first-order valence-corrected chi connectivity index (χ1v) is 5.97. The fourth-order valence-electron chi connectivity index (χ4n) is 2.13. The molecule has 0 radical (unpaired) electrons. The maximum atomic E-state index is 11.0. The first kappa shape index (κ1) is 11.8. The van der Waals surface area contributed by atoms with Crippen molar-refractivity contribution in [3.05, 3.63) is 40.2 Å². The predicted octanol–water partition coefficient (Wildman–Crippen LogP) is 1.98. The van der Waals surface area contributed by atoms with Crippen LogP contribution in [0.2, 0.25) is 0 Å². The second-order valence-corrected chi connectivity index (χ2v) is 4.71. The summed E-state index contributed by atoms with van der Waals surface area (Å²) in [6.07, 6.45) is 2.65. The summed E-state index contributed by atoms with van der Waals surface area (Å²) in [7, 11) is 0. The standard InChI is InChI=1S/C12H12N4O3/c13-12(6-3-7-12)11-14-10(19-15-11)8-4-1-2-5-9(8)16(17)18/h1-2,4-5H,3,6-7,13H2. The summed E-state index contributed by atoms with van der Waals surface area (Å²) in [6.45, 7) is 0. The van der Waals surface area contributed by atoms with Gasteiger partial charge in [0, 0.05) is 6.07 Å². The van der Waals surface area contributed by atoms with Gasteiger partial charge in [0.15, 0.2) is 5.82 Å². The van der Waals surface area contributed by atoms with E-state index in [-0.39, 0.29) is 11.6 Å². The van der Waals surface area contributed by atoms with Crippen LogP contribution in [-0.2, 0) is 5.54 Å². The van der Waals surface area contributed by atoms with E-state index in [1.165, 1.54) is 6.07 Å². The summed E-state index contributed by atoms with van der Waals surface area (Å²) >= 11 is 0. The highest BCUT2D eigenvalue weighted by Gasteiger charge is 2.39. The molecule has 1 fully saturated rings. The summed E-state index contributed by atoms with van der Waals surface area (Å²) in [6, 6.07) is 6.27. The Bertz CT molecular complexity index is 633. The van der Waals surface area contributed by atoms with Crippen LogP contribution in [0.1, 0.15) is 25.1 Å². The lowest BCUT2D eigenvalue weighted by atomic mass is 9.77. The highest BCUT2D eigenvalue weighted by atomic mass is 16.6. The van der Waals surface area contributed by atoms with Gasteiger partial charge in [-0.25, -0.2) is 0 Å². The minimum atomic E-state index is -0.536. The van der Waals surface area contributed by atoms with Crippen LogP contribution in [0.5, 0.6) is 0 Å². The maximum Gasteiger partial charge on any atom is 0.282 e. The Hall–Kier alpha value is -2.28. The molecule has 7 heteroatoms. The number of nitrogens with zero attached hydrogens (tertiary/aromatic N) is 3. The number of nitrogens with two attached hydrogens (primary N) is 1. The molecular weight excluding hydrogens is 248 g/mol. The quantitative estimate of drug-likeness (QED) is 0.667. The highest BCUT2D eigenvalue weighted by molar-refractivity contribution is 5.66. The lowest BCUT2D eigenvalue weighted by molar-refractivity contribution is -0.384. The van der Waals surface area contributed by atoms with Crippen molar-refractivity contribution in [2.45, 2.75) is 24.8 Å². The molecule has 1 aromatic heterocycles. The zero-order valence-corrected chi connectivity index (χ0v) is 10.1. The van der Waals surface area contributed by atoms with Gasteiger partial charge >= 0.3 is 0 Å². The number of hydrogen-bond acceptors (Lipinski definition) is 6. The summed E-state index contributed by atoms with van der Waals surface area (Å²) in [5.74, 6) is 0.561. The van der Waals surface area contributed by atoms with Gasteiger partial charge in [-0.2, -0.15) is 4.98 Å². The Morgan fingerprint density at radius 3 is 2.74 bits per heavy atom. The minimum absolute atomic E-state index is 0.0580. The Morgan fingerprint density at radius 1 is 1.37 bits per heavy atom. The SMILES string of the molecule is NC1(c2noc(-c3ccccc3[N+](=O)[O-])n2)CCC1. The van der Waals surface area contributed by atoms with Gasteiger partial charge in [0.2, 0.25) is 0 Å². The number of aromatic nitrogens is 2. The molecule has 1 saturated carbocycles. The third-order valence-electron chi connectivity index (χ3n) is 3.45. The molecule has 0 saturated heterocycles. The molecule has 1 aliphatic rings. The van der Waals surface area contributed by atoms with E-state index in [9.17, 15) is 10.1 Å². The maximum absolute atomic E-state index is 11.0. The van der Waals surface area contributed by atoms with Gasteiger partial charge in [0.1, 0.15) is 5.56 Å². The van der Waals surface area contributed by atoms with E-state index in [4.69, 9.17) is 10.3 Å². The molecule has 1 aliphatic carbocycles. The third kappa shape index (κ3) is 1.88. The summed E-state index contributed by atoms with van der Waals surface area (Å²) in [5, 5.41) is 14.8. The van der Waals surface area contributed by atoms with Gasteiger partial charge in [-0.15, -0.1) is 0 Å². The zero-order valence-electron chi connectivity index (χ0n) is 10.1. The molecule has 0 atom stereocenters. The molecule has 2 N–H and O–H groups in total. The molecule has 1 aromatic carbocycles. The first-order valence-electron chi connectivity index (χ1n) is 5.97. The van der Waals surface area contributed by atoms with Crippen molar-refractivity contribution in [3.8, 4) is 11.5 Å². The van der Waals surface area contributed by atoms with E-state index in [0.29, 0.717) is 11.4 Å². The zero-order chi connectivity index (χ0) is 13.5. The molecule has 19 heavy (non-hydrogen) atoms. The fraction of sp³-hybridized carbons (Fsp3) is 0.333. The second kappa shape index (κ2) is 4.13. The van der Waals surface area contributed by atoms with Crippen LogP contribution in [0.15, 0.2) is 28.8 Å². The lowest BCUT2D eigenvalue weighted by Crippen LogP contribution is -2.44. The largest absolute Gasteiger partial charge is 0.334 e. The fourth-order valence-corrected chi connectivity index (χ4v) is 2.13. The average Bonchev–Trinajstić information content (AvgIpc) is 2.85. The van der Waals surface area contributed by atoms with Crippen molar-refractivity contribution in [1.29, 1.82) is 0 Å². The number of nitro benzene ring substituents is 1. The topological polar surface area (TPSA) is 108 Å². The van der Waals surface area contributed by atoms with E-state index in [0.717, 1.165) is 19.3 Å². The van der Waals surface area contributed by atoms with Gasteiger partial charge in [-0.3, -0.25) is 10.1 Å². The van der Waals surface area contributed by atoms with Crippen LogP contribution >= 0.6 is 0 Å². The molecule has 1 heterocycles. The highest BCUT2D eigenvalue weighted by Crippen LogP contribution is 2.38. The van der Waals surface area contributed by atoms with Crippen molar-refractivity contribution < 1.29 is 9.45 Å².